The van der Waals surface area contributed by atoms with Gasteiger partial charge in [0.1, 0.15) is 11.5 Å². The number of benzene rings is 1. The van der Waals surface area contributed by atoms with E-state index in [-0.39, 0.29) is 11.7 Å². The molecule has 6 nitrogen and oxygen atoms in total. The minimum atomic E-state index is -0.232. The second kappa shape index (κ2) is 8.12. The van der Waals surface area contributed by atoms with E-state index in [1.807, 2.05) is 11.0 Å². The molecule has 26 heavy (non-hydrogen) atoms. The summed E-state index contributed by atoms with van der Waals surface area (Å²) in [4.78, 5) is 24.9. The fourth-order valence-corrected chi connectivity index (χ4v) is 2.88. The first-order chi connectivity index (χ1) is 12.5. The fourth-order valence-electron chi connectivity index (χ4n) is 2.88. The standard InChI is InChI=1S/C19H24FN5O/c1-14(2)13-22-19-21-8-7-16(23-19)18(26)25-11-9-24(10-12-25)17-6-4-3-5-15(17)20/h3-8,14H,9-13H2,1-2H3,(H,21,22,23). The van der Waals surface area contributed by atoms with Crippen molar-refractivity contribution < 1.29 is 9.18 Å². The van der Waals surface area contributed by atoms with Crippen molar-refractivity contribution in [2.75, 3.05) is 42.9 Å². The van der Waals surface area contributed by atoms with E-state index in [2.05, 4.69) is 29.1 Å². The second-order valence-corrected chi connectivity index (χ2v) is 6.77. The first-order valence-electron chi connectivity index (χ1n) is 8.90. The van der Waals surface area contributed by atoms with Gasteiger partial charge in [0.25, 0.3) is 5.91 Å². The molecule has 2 heterocycles. The zero-order chi connectivity index (χ0) is 18.5. The normalized spacial score (nSPS) is 14.6. The maximum Gasteiger partial charge on any atom is 0.272 e. The van der Waals surface area contributed by atoms with Crippen LogP contribution in [0.1, 0.15) is 24.3 Å². The number of piperazine rings is 1. The van der Waals surface area contributed by atoms with Gasteiger partial charge in [-0.05, 0) is 24.1 Å². The highest BCUT2D eigenvalue weighted by Crippen LogP contribution is 2.20. The molecule has 1 fully saturated rings. The van der Waals surface area contributed by atoms with Crippen LogP contribution in [0, 0.1) is 11.7 Å². The van der Waals surface area contributed by atoms with Crippen molar-refractivity contribution in [1.29, 1.82) is 0 Å². The Morgan fingerprint density at radius 1 is 1.19 bits per heavy atom. The highest BCUT2D eigenvalue weighted by Gasteiger charge is 2.24. The lowest BCUT2D eigenvalue weighted by Gasteiger charge is -2.36. The molecule has 1 saturated heterocycles. The molecule has 1 aromatic carbocycles. The average molecular weight is 357 g/mol. The Labute approximate surface area is 153 Å². The lowest BCUT2D eigenvalue weighted by atomic mass is 10.2. The zero-order valence-electron chi connectivity index (χ0n) is 15.2. The van der Waals surface area contributed by atoms with Gasteiger partial charge in [0.05, 0.1) is 5.69 Å². The number of nitrogens with zero attached hydrogens (tertiary/aromatic N) is 4. The number of amides is 1. The lowest BCUT2D eigenvalue weighted by Crippen LogP contribution is -2.49. The van der Waals surface area contributed by atoms with Gasteiger partial charge in [0, 0.05) is 38.9 Å². The van der Waals surface area contributed by atoms with E-state index >= 15 is 0 Å². The van der Waals surface area contributed by atoms with E-state index in [1.165, 1.54) is 6.07 Å². The molecule has 1 aromatic heterocycles. The van der Waals surface area contributed by atoms with Crippen LogP contribution in [0.15, 0.2) is 36.5 Å². The third-order valence-electron chi connectivity index (χ3n) is 4.30. The maximum atomic E-state index is 13.9. The third-order valence-corrected chi connectivity index (χ3v) is 4.30. The number of anilines is 2. The molecule has 0 radical (unpaired) electrons. The Bertz CT molecular complexity index is 759. The fraction of sp³-hybridized carbons (Fsp3) is 0.421. The van der Waals surface area contributed by atoms with Crippen molar-refractivity contribution in [3.05, 3.63) is 48.0 Å². The molecule has 1 aliphatic rings. The quantitative estimate of drug-likeness (QED) is 0.891. The van der Waals surface area contributed by atoms with Crippen LogP contribution in [0.25, 0.3) is 0 Å². The number of carbonyl (C=O) groups excluding carboxylic acids is 1. The van der Waals surface area contributed by atoms with Crippen LogP contribution < -0.4 is 10.2 Å². The van der Waals surface area contributed by atoms with Crippen LogP contribution in [0.5, 0.6) is 0 Å². The lowest BCUT2D eigenvalue weighted by molar-refractivity contribution is 0.0740. The Kier molecular flexibility index (Phi) is 5.65. The van der Waals surface area contributed by atoms with Gasteiger partial charge in [0.15, 0.2) is 0 Å². The van der Waals surface area contributed by atoms with Gasteiger partial charge in [-0.2, -0.15) is 0 Å². The smallest absolute Gasteiger partial charge is 0.272 e. The minimum absolute atomic E-state index is 0.117. The van der Waals surface area contributed by atoms with E-state index in [4.69, 9.17) is 0 Å². The summed E-state index contributed by atoms with van der Waals surface area (Å²) in [5.41, 5.74) is 0.965. The predicted octanol–water partition coefficient (Wildman–Crippen LogP) is 2.65. The van der Waals surface area contributed by atoms with Gasteiger partial charge >= 0.3 is 0 Å². The zero-order valence-corrected chi connectivity index (χ0v) is 15.2. The number of hydrogen-bond acceptors (Lipinski definition) is 5. The van der Waals surface area contributed by atoms with Crippen molar-refractivity contribution in [3.8, 4) is 0 Å². The summed E-state index contributed by atoms with van der Waals surface area (Å²) in [6, 6.07) is 8.36. The van der Waals surface area contributed by atoms with Crippen LogP contribution in [0.2, 0.25) is 0 Å². The summed E-state index contributed by atoms with van der Waals surface area (Å²) < 4.78 is 13.9. The Morgan fingerprint density at radius 3 is 2.62 bits per heavy atom. The molecule has 0 bridgehead atoms. The Balaban J connectivity index is 1.62. The maximum absolute atomic E-state index is 13.9. The monoisotopic (exact) mass is 357 g/mol. The molecular formula is C19H24FN5O. The molecule has 0 aliphatic carbocycles. The van der Waals surface area contributed by atoms with Gasteiger partial charge in [-0.15, -0.1) is 0 Å². The van der Waals surface area contributed by atoms with E-state index in [0.29, 0.717) is 49.4 Å². The number of para-hydroxylation sites is 1. The van der Waals surface area contributed by atoms with Crippen LogP contribution in [0.3, 0.4) is 0 Å². The van der Waals surface area contributed by atoms with Gasteiger partial charge < -0.3 is 15.1 Å². The number of hydrogen-bond donors (Lipinski definition) is 1. The molecule has 1 aliphatic heterocycles. The van der Waals surface area contributed by atoms with Crippen LogP contribution in [-0.4, -0.2) is 53.5 Å². The molecular weight excluding hydrogens is 333 g/mol. The number of halogens is 1. The summed E-state index contributed by atoms with van der Waals surface area (Å²) >= 11 is 0. The van der Waals surface area contributed by atoms with Crippen molar-refractivity contribution in [2.45, 2.75) is 13.8 Å². The number of rotatable bonds is 5. The molecule has 1 N–H and O–H groups in total. The van der Waals surface area contributed by atoms with Crippen LogP contribution >= 0.6 is 0 Å². The molecule has 138 valence electrons. The molecule has 2 aromatic rings. The number of nitrogens with one attached hydrogen (secondary N) is 1. The topological polar surface area (TPSA) is 61.4 Å². The Hall–Kier alpha value is -2.70. The van der Waals surface area contributed by atoms with Gasteiger partial charge in [0.2, 0.25) is 5.95 Å². The molecule has 0 atom stereocenters. The molecule has 3 rings (SSSR count). The first kappa shape index (κ1) is 18.1. The molecule has 7 heteroatoms. The summed E-state index contributed by atoms with van der Waals surface area (Å²) in [5.74, 6) is 0.580. The molecule has 1 amide bonds. The number of aromatic nitrogens is 2. The largest absolute Gasteiger partial charge is 0.366 e. The highest BCUT2D eigenvalue weighted by molar-refractivity contribution is 5.92. The van der Waals surface area contributed by atoms with Crippen molar-refractivity contribution in [3.63, 3.8) is 0 Å². The predicted molar refractivity (Wildman–Crippen MR) is 99.9 cm³/mol. The molecule has 0 saturated carbocycles. The van der Waals surface area contributed by atoms with E-state index in [0.717, 1.165) is 6.54 Å². The average Bonchev–Trinajstić information content (AvgIpc) is 2.66. The third kappa shape index (κ3) is 4.28. The van der Waals surface area contributed by atoms with Crippen LogP contribution in [-0.2, 0) is 0 Å². The highest BCUT2D eigenvalue weighted by atomic mass is 19.1. The summed E-state index contributed by atoms with van der Waals surface area (Å²) in [5, 5.41) is 3.13. The van der Waals surface area contributed by atoms with E-state index in [9.17, 15) is 9.18 Å². The first-order valence-corrected chi connectivity index (χ1v) is 8.90. The molecule has 0 spiro atoms. The van der Waals surface area contributed by atoms with E-state index in [1.54, 1.807) is 29.3 Å². The summed E-state index contributed by atoms with van der Waals surface area (Å²) in [7, 11) is 0. The SMILES string of the molecule is CC(C)CNc1nccc(C(=O)N2CCN(c3ccccc3F)CC2)n1. The van der Waals surface area contributed by atoms with E-state index < -0.39 is 0 Å². The van der Waals surface area contributed by atoms with Crippen LogP contribution in [0.4, 0.5) is 16.0 Å². The molecule has 0 unspecified atom stereocenters. The summed E-state index contributed by atoms with van der Waals surface area (Å²) in [6.07, 6.45) is 1.60. The van der Waals surface area contributed by atoms with Crippen molar-refractivity contribution >= 4 is 17.5 Å². The van der Waals surface area contributed by atoms with Gasteiger partial charge in [-0.25, -0.2) is 14.4 Å². The van der Waals surface area contributed by atoms with Crippen molar-refractivity contribution in [1.82, 2.24) is 14.9 Å². The van der Waals surface area contributed by atoms with Crippen molar-refractivity contribution in [2.24, 2.45) is 5.92 Å². The Morgan fingerprint density at radius 2 is 1.92 bits per heavy atom. The summed E-state index contributed by atoms with van der Waals surface area (Å²) in [6.45, 7) is 7.19. The second-order valence-electron chi connectivity index (χ2n) is 6.77. The minimum Gasteiger partial charge on any atom is -0.366 e. The van der Waals surface area contributed by atoms with Gasteiger partial charge in [-0.1, -0.05) is 26.0 Å². The number of carbonyl (C=O) groups is 1. The van der Waals surface area contributed by atoms with Gasteiger partial charge in [-0.3, -0.25) is 4.79 Å².